The molecule has 8 heteroatoms. The first-order valence-electron chi connectivity index (χ1n) is 11.3. The van der Waals surface area contributed by atoms with Gasteiger partial charge in [-0.1, -0.05) is 38.0 Å². The molecule has 0 unspecified atom stereocenters. The number of benzene rings is 2. The summed E-state index contributed by atoms with van der Waals surface area (Å²) in [6.45, 7) is 5.96. The first-order valence-corrected chi connectivity index (χ1v) is 11.3. The second-order valence-corrected chi connectivity index (χ2v) is 9.41. The Hall–Kier alpha value is -3.81. The second-order valence-electron chi connectivity index (χ2n) is 9.41. The minimum atomic E-state index is -0.473. The number of carbonyl (C=O) groups excluding carboxylic acids is 1. The van der Waals surface area contributed by atoms with Crippen LogP contribution in [0.2, 0.25) is 0 Å². The van der Waals surface area contributed by atoms with E-state index in [1.165, 1.54) is 0 Å². The fraction of sp³-hybridized carbons (Fsp3) is 0.370. The summed E-state index contributed by atoms with van der Waals surface area (Å²) in [5, 5.41) is 4.70. The summed E-state index contributed by atoms with van der Waals surface area (Å²) in [7, 11) is 8.73. The molecule has 0 radical (unpaired) electrons. The Morgan fingerprint density at radius 1 is 1.03 bits per heavy atom. The molecule has 0 aliphatic heterocycles. The molecule has 0 aliphatic carbocycles. The number of nitrogens with zero attached hydrogens (tertiary/aromatic N) is 4. The minimum Gasteiger partial charge on any atom is -0.493 e. The van der Waals surface area contributed by atoms with Crippen LogP contribution >= 0.6 is 0 Å². The summed E-state index contributed by atoms with van der Waals surface area (Å²) in [6.07, 6.45) is 5.48. The number of carbonyl (C=O) groups is 1. The Bertz CT molecular complexity index is 1180. The van der Waals surface area contributed by atoms with E-state index in [-0.39, 0.29) is 12.3 Å². The highest BCUT2D eigenvalue weighted by Gasteiger charge is 2.29. The lowest BCUT2D eigenvalue weighted by Crippen LogP contribution is -2.42. The van der Waals surface area contributed by atoms with E-state index < -0.39 is 5.41 Å². The Morgan fingerprint density at radius 2 is 1.63 bits per heavy atom. The molecule has 0 bridgehead atoms. The third kappa shape index (κ3) is 5.82. The van der Waals surface area contributed by atoms with Crippen molar-refractivity contribution in [1.82, 2.24) is 4.68 Å². The van der Waals surface area contributed by atoms with Crippen molar-refractivity contribution in [3.63, 3.8) is 0 Å². The van der Waals surface area contributed by atoms with Crippen LogP contribution in [0.15, 0.2) is 53.9 Å². The van der Waals surface area contributed by atoms with Gasteiger partial charge in [-0.2, -0.15) is 0 Å². The Labute approximate surface area is 207 Å². The van der Waals surface area contributed by atoms with Gasteiger partial charge in [-0.15, -0.1) is 4.68 Å². The number of anilines is 1. The molecular formula is C27H35N4O4+. The van der Waals surface area contributed by atoms with Gasteiger partial charge in [0.2, 0.25) is 5.75 Å². The van der Waals surface area contributed by atoms with Crippen molar-refractivity contribution in [1.29, 1.82) is 0 Å². The predicted octanol–water partition coefficient (Wildman–Crippen LogP) is 4.03. The molecule has 35 heavy (non-hydrogen) atoms. The van der Waals surface area contributed by atoms with E-state index in [9.17, 15) is 4.79 Å². The molecule has 3 rings (SSSR count). The fourth-order valence-electron chi connectivity index (χ4n) is 3.52. The van der Waals surface area contributed by atoms with Gasteiger partial charge in [0.15, 0.2) is 23.5 Å². The third-order valence-electron chi connectivity index (χ3n) is 5.69. The average molecular weight is 480 g/mol. The van der Waals surface area contributed by atoms with Crippen LogP contribution in [0.25, 0.3) is 11.4 Å². The highest BCUT2D eigenvalue weighted by atomic mass is 16.5. The number of hydrogen-bond acceptors (Lipinski definition) is 6. The molecule has 0 saturated heterocycles. The van der Waals surface area contributed by atoms with Crippen LogP contribution in [0.3, 0.4) is 0 Å². The maximum atomic E-state index is 12.9. The summed E-state index contributed by atoms with van der Waals surface area (Å²) in [6, 6.07) is 11.8. The molecular weight excluding hydrogens is 444 g/mol. The molecule has 8 nitrogen and oxygen atoms in total. The third-order valence-corrected chi connectivity index (χ3v) is 5.69. The van der Waals surface area contributed by atoms with Crippen LogP contribution in [0.4, 0.5) is 5.69 Å². The van der Waals surface area contributed by atoms with E-state index >= 15 is 0 Å². The van der Waals surface area contributed by atoms with Gasteiger partial charge in [-0.05, 0) is 29.8 Å². The van der Waals surface area contributed by atoms with E-state index in [1.54, 1.807) is 32.2 Å². The normalized spacial score (nSPS) is 11.5. The van der Waals surface area contributed by atoms with Crippen LogP contribution in [-0.4, -0.2) is 52.1 Å². The lowest BCUT2D eigenvalue weighted by Gasteiger charge is -2.16. The molecule has 3 aromatic rings. The van der Waals surface area contributed by atoms with E-state index in [0.29, 0.717) is 23.1 Å². The van der Waals surface area contributed by atoms with E-state index in [4.69, 9.17) is 19.3 Å². The van der Waals surface area contributed by atoms with Crippen LogP contribution in [0, 0.1) is 5.41 Å². The molecule has 1 heterocycles. The molecule has 2 aromatic carbocycles. The standard InChI is InChI=1S/C27H35N4O4/c1-27(2,3)24(32)18-30-13-14-31(28-17-19-9-11-21(12-10-19)29(4)5)26(30)20-15-22(33-6)25(35-8)23(16-20)34-7/h9-17H,18H2,1-8H3/q+1. The molecule has 0 saturated carbocycles. The average Bonchev–Trinajstić information content (AvgIpc) is 3.23. The topological polar surface area (TPSA) is 69.2 Å². The van der Waals surface area contributed by atoms with Crippen molar-refractivity contribution < 1.29 is 23.6 Å². The number of Topliss-reactive ketones (excluding diaryl/α,β-unsaturated/α-hetero) is 1. The molecule has 1 aromatic heterocycles. The van der Waals surface area contributed by atoms with Gasteiger partial charge < -0.3 is 19.1 Å². The molecule has 0 atom stereocenters. The maximum absolute atomic E-state index is 12.9. The summed E-state index contributed by atoms with van der Waals surface area (Å²) >= 11 is 0. The number of aromatic nitrogens is 2. The maximum Gasteiger partial charge on any atom is 0.315 e. The predicted molar refractivity (Wildman–Crippen MR) is 138 cm³/mol. The zero-order chi connectivity index (χ0) is 25.8. The minimum absolute atomic E-state index is 0.109. The molecule has 0 N–H and O–H groups in total. The summed E-state index contributed by atoms with van der Waals surface area (Å²) in [5.74, 6) is 2.36. The Balaban J connectivity index is 2.12. The van der Waals surface area contributed by atoms with Crippen LogP contribution in [-0.2, 0) is 11.3 Å². The van der Waals surface area contributed by atoms with Gasteiger partial charge in [-0.25, -0.2) is 4.57 Å². The first-order chi connectivity index (χ1) is 16.6. The van der Waals surface area contributed by atoms with E-state index in [2.05, 4.69) is 0 Å². The lowest BCUT2D eigenvalue weighted by atomic mass is 9.91. The van der Waals surface area contributed by atoms with Crippen molar-refractivity contribution in [3.8, 4) is 28.6 Å². The molecule has 186 valence electrons. The zero-order valence-corrected chi connectivity index (χ0v) is 21.8. The van der Waals surface area contributed by atoms with Crippen LogP contribution in [0.1, 0.15) is 26.3 Å². The van der Waals surface area contributed by atoms with Gasteiger partial charge >= 0.3 is 5.82 Å². The number of imidazole rings is 1. The molecule has 0 fully saturated rings. The van der Waals surface area contributed by atoms with Gasteiger partial charge in [0.1, 0.15) is 12.7 Å². The van der Waals surface area contributed by atoms with Crippen LogP contribution in [0.5, 0.6) is 17.2 Å². The second kappa shape index (κ2) is 10.6. The Morgan fingerprint density at radius 3 is 2.11 bits per heavy atom. The highest BCUT2D eigenvalue weighted by Crippen LogP contribution is 2.40. The monoisotopic (exact) mass is 479 g/mol. The SMILES string of the molecule is COc1cc(-c2n(N=Cc3ccc(N(C)C)cc3)cc[n+]2CC(=O)C(C)(C)C)cc(OC)c1OC. The van der Waals surface area contributed by atoms with Gasteiger partial charge in [0, 0.05) is 25.2 Å². The summed E-state index contributed by atoms with van der Waals surface area (Å²) in [4.78, 5) is 14.9. The number of ether oxygens (including phenoxy) is 3. The number of methoxy groups -OCH3 is 3. The zero-order valence-electron chi connectivity index (χ0n) is 21.8. The van der Waals surface area contributed by atoms with Crippen molar-refractivity contribution in [2.45, 2.75) is 27.3 Å². The number of rotatable bonds is 9. The summed E-state index contributed by atoms with van der Waals surface area (Å²) < 4.78 is 20.2. The van der Waals surface area contributed by atoms with Gasteiger partial charge in [0.25, 0.3) is 0 Å². The first kappa shape index (κ1) is 25.8. The van der Waals surface area contributed by atoms with Crippen molar-refractivity contribution in [3.05, 3.63) is 54.4 Å². The quantitative estimate of drug-likeness (QED) is 0.342. The largest absolute Gasteiger partial charge is 0.493 e. The molecule has 0 aliphatic rings. The van der Waals surface area contributed by atoms with Crippen molar-refractivity contribution in [2.75, 3.05) is 40.3 Å². The number of hydrogen-bond donors (Lipinski definition) is 0. The Kier molecular flexibility index (Phi) is 7.84. The number of ketones is 1. The van der Waals surface area contributed by atoms with E-state index in [0.717, 1.165) is 16.8 Å². The smallest absolute Gasteiger partial charge is 0.315 e. The van der Waals surface area contributed by atoms with Gasteiger partial charge in [-0.3, -0.25) is 4.79 Å². The highest BCUT2D eigenvalue weighted by molar-refractivity contribution is 5.82. The van der Waals surface area contributed by atoms with Crippen molar-refractivity contribution in [2.24, 2.45) is 10.5 Å². The lowest BCUT2D eigenvalue weighted by molar-refractivity contribution is -0.673. The van der Waals surface area contributed by atoms with Crippen LogP contribution < -0.4 is 23.7 Å². The van der Waals surface area contributed by atoms with E-state index in [1.807, 2.05) is 93.1 Å². The van der Waals surface area contributed by atoms with Gasteiger partial charge in [0.05, 0.1) is 33.1 Å². The molecule has 0 amide bonds. The fourth-order valence-corrected chi connectivity index (χ4v) is 3.52. The summed E-state index contributed by atoms with van der Waals surface area (Å²) in [5.41, 5.74) is 2.36. The van der Waals surface area contributed by atoms with Crippen molar-refractivity contribution >= 4 is 17.7 Å². The molecule has 0 spiro atoms.